The Morgan fingerprint density at radius 1 is 1.17 bits per heavy atom. The Balaban J connectivity index is 1.48. The Kier molecular flexibility index (Phi) is 3.88. The lowest BCUT2D eigenvalue weighted by molar-refractivity contribution is 0.116. The fourth-order valence-electron chi connectivity index (χ4n) is 3.64. The molecule has 124 valence electrons. The highest BCUT2D eigenvalue weighted by atomic mass is 15.6. The van der Waals surface area contributed by atoms with Gasteiger partial charge in [-0.25, -0.2) is 4.68 Å². The maximum absolute atomic E-state index is 4.64. The van der Waals surface area contributed by atoms with Crippen LogP contribution in [0.2, 0.25) is 0 Å². The van der Waals surface area contributed by atoms with Crippen LogP contribution in [-0.2, 0) is 13.1 Å². The molecule has 1 saturated carbocycles. The summed E-state index contributed by atoms with van der Waals surface area (Å²) in [6.07, 6.45) is 6.22. The van der Waals surface area contributed by atoms with Crippen LogP contribution in [0.5, 0.6) is 0 Å². The Labute approximate surface area is 136 Å². The Morgan fingerprint density at radius 3 is 2.78 bits per heavy atom. The predicted octanol–water partition coefficient (Wildman–Crippen LogP) is 1.88. The van der Waals surface area contributed by atoms with E-state index in [0.29, 0.717) is 12.1 Å². The Bertz CT molecular complexity index is 670. The monoisotopic (exact) mass is 315 g/mol. The summed E-state index contributed by atoms with van der Waals surface area (Å²) in [4.78, 5) is 2.55. The number of hydrogen-bond acceptors (Lipinski definition) is 5. The molecule has 0 radical (unpaired) electrons. The van der Waals surface area contributed by atoms with Crippen molar-refractivity contribution in [3.8, 4) is 0 Å². The molecule has 4 rings (SSSR count). The van der Waals surface area contributed by atoms with Gasteiger partial charge in [0.25, 0.3) is 0 Å². The van der Waals surface area contributed by atoms with Gasteiger partial charge in [-0.15, -0.1) is 5.10 Å². The van der Waals surface area contributed by atoms with Crippen molar-refractivity contribution in [2.45, 2.75) is 71.1 Å². The molecule has 2 fully saturated rings. The third kappa shape index (κ3) is 3.15. The molecule has 1 atom stereocenters. The molecule has 0 N–H and O–H groups in total. The molecule has 1 aliphatic heterocycles. The minimum Gasteiger partial charge on any atom is -0.291 e. The smallest absolute Gasteiger partial charge is 0.165 e. The van der Waals surface area contributed by atoms with Crippen LogP contribution in [0.4, 0.5) is 0 Å². The highest BCUT2D eigenvalue weighted by molar-refractivity contribution is 5.07. The van der Waals surface area contributed by atoms with Crippen LogP contribution in [0, 0.1) is 13.8 Å². The lowest BCUT2D eigenvalue weighted by Gasteiger charge is -2.35. The van der Waals surface area contributed by atoms with Gasteiger partial charge in [-0.1, -0.05) is 6.42 Å². The lowest BCUT2D eigenvalue weighted by Crippen LogP contribution is -2.42. The maximum Gasteiger partial charge on any atom is 0.165 e. The van der Waals surface area contributed by atoms with Crippen molar-refractivity contribution in [3.63, 3.8) is 0 Å². The van der Waals surface area contributed by atoms with Crippen molar-refractivity contribution in [2.24, 2.45) is 0 Å². The number of hydrogen-bond donors (Lipinski definition) is 0. The largest absolute Gasteiger partial charge is 0.291 e. The Hall–Kier alpha value is -1.76. The molecule has 0 spiro atoms. The number of rotatable bonds is 5. The lowest BCUT2D eigenvalue weighted by atomic mass is 10.0. The van der Waals surface area contributed by atoms with Gasteiger partial charge in [-0.3, -0.25) is 9.58 Å². The zero-order valence-corrected chi connectivity index (χ0v) is 14.0. The molecule has 2 aromatic heterocycles. The summed E-state index contributed by atoms with van der Waals surface area (Å²) in [5.41, 5.74) is 2.35. The first kappa shape index (κ1) is 14.8. The van der Waals surface area contributed by atoms with E-state index in [9.17, 15) is 0 Å². The molecule has 7 heteroatoms. The molecule has 1 aliphatic carbocycles. The molecule has 2 aliphatic rings. The van der Waals surface area contributed by atoms with Crippen molar-refractivity contribution >= 4 is 0 Å². The average Bonchev–Trinajstić information content (AvgIpc) is 3.19. The number of likely N-dealkylation sites (tertiary alicyclic amines) is 1. The van der Waals surface area contributed by atoms with E-state index in [1.807, 2.05) is 4.68 Å². The molecule has 1 saturated heterocycles. The number of nitrogens with zero attached hydrogens (tertiary/aromatic N) is 7. The molecule has 1 unspecified atom stereocenters. The van der Waals surface area contributed by atoms with E-state index in [1.54, 1.807) is 0 Å². The van der Waals surface area contributed by atoms with E-state index >= 15 is 0 Å². The summed E-state index contributed by atoms with van der Waals surface area (Å²) < 4.78 is 4.19. The quantitative estimate of drug-likeness (QED) is 0.843. The van der Waals surface area contributed by atoms with E-state index in [-0.39, 0.29) is 0 Å². The fraction of sp³-hybridized carbons (Fsp3) is 0.750. The highest BCUT2D eigenvalue weighted by Crippen LogP contribution is 2.34. The summed E-state index contributed by atoms with van der Waals surface area (Å²) >= 11 is 0. The van der Waals surface area contributed by atoms with Gasteiger partial charge in [0.2, 0.25) is 0 Å². The second-order valence-electron chi connectivity index (χ2n) is 7.00. The molecule has 0 bridgehead atoms. The first-order valence-corrected chi connectivity index (χ1v) is 8.72. The highest BCUT2D eigenvalue weighted by Gasteiger charge is 2.30. The first-order valence-electron chi connectivity index (χ1n) is 8.72. The molecule has 0 aromatic carbocycles. The molecule has 2 aromatic rings. The van der Waals surface area contributed by atoms with Crippen molar-refractivity contribution < 1.29 is 0 Å². The molecule has 3 heterocycles. The average molecular weight is 315 g/mol. The number of piperidine rings is 1. The van der Waals surface area contributed by atoms with Crippen molar-refractivity contribution in [2.75, 3.05) is 6.54 Å². The van der Waals surface area contributed by atoms with Gasteiger partial charge in [0.15, 0.2) is 5.82 Å². The SMILES string of the molecule is Cc1cc(C)n(CC2CCCCN2Cc2nnnn2C2CC2)n1. The van der Waals surface area contributed by atoms with Crippen LogP contribution in [-0.4, -0.2) is 47.5 Å². The van der Waals surface area contributed by atoms with Gasteiger partial charge in [0.1, 0.15) is 0 Å². The number of aromatic nitrogens is 6. The van der Waals surface area contributed by atoms with Crippen LogP contribution in [0.15, 0.2) is 6.07 Å². The molecular formula is C16H25N7. The fourth-order valence-corrected chi connectivity index (χ4v) is 3.64. The second-order valence-corrected chi connectivity index (χ2v) is 7.00. The van der Waals surface area contributed by atoms with Crippen molar-refractivity contribution in [3.05, 3.63) is 23.3 Å². The van der Waals surface area contributed by atoms with Crippen molar-refractivity contribution in [1.29, 1.82) is 0 Å². The summed E-state index contributed by atoms with van der Waals surface area (Å²) in [6, 6.07) is 3.21. The molecule has 23 heavy (non-hydrogen) atoms. The van der Waals surface area contributed by atoms with E-state index in [2.05, 4.69) is 50.1 Å². The third-order valence-corrected chi connectivity index (χ3v) is 5.03. The molecule has 0 amide bonds. The van der Waals surface area contributed by atoms with E-state index in [4.69, 9.17) is 0 Å². The minimum atomic E-state index is 0.520. The van der Waals surface area contributed by atoms with Gasteiger partial charge < -0.3 is 0 Å². The van der Waals surface area contributed by atoms with E-state index in [0.717, 1.165) is 31.2 Å². The molecular weight excluding hydrogens is 290 g/mol. The topological polar surface area (TPSA) is 64.7 Å². The Morgan fingerprint density at radius 2 is 2.04 bits per heavy atom. The standard InChI is InChI=1S/C16H25N7/c1-12-9-13(2)22(18-12)10-15-5-3-4-8-21(15)11-16-17-19-20-23(16)14-6-7-14/h9,14-15H,3-8,10-11H2,1-2H3. The third-order valence-electron chi connectivity index (χ3n) is 5.03. The zero-order valence-electron chi connectivity index (χ0n) is 14.0. The maximum atomic E-state index is 4.64. The summed E-state index contributed by atoms with van der Waals surface area (Å²) in [6.45, 7) is 7.15. The number of tetrazole rings is 1. The van der Waals surface area contributed by atoms with Crippen molar-refractivity contribution in [1.82, 2.24) is 34.9 Å². The zero-order chi connectivity index (χ0) is 15.8. The summed E-state index contributed by atoms with van der Waals surface area (Å²) in [5.74, 6) is 1.02. The second kappa shape index (κ2) is 6.03. The van der Waals surface area contributed by atoms with Gasteiger partial charge in [-0.05, 0) is 62.6 Å². The normalized spacial score (nSPS) is 22.6. The van der Waals surface area contributed by atoms with E-state index < -0.39 is 0 Å². The van der Waals surface area contributed by atoms with Gasteiger partial charge in [0.05, 0.1) is 24.8 Å². The van der Waals surface area contributed by atoms with E-state index in [1.165, 1.54) is 37.8 Å². The summed E-state index contributed by atoms with van der Waals surface area (Å²) in [7, 11) is 0. The van der Waals surface area contributed by atoms with Crippen LogP contribution >= 0.6 is 0 Å². The van der Waals surface area contributed by atoms with Crippen LogP contribution < -0.4 is 0 Å². The minimum absolute atomic E-state index is 0.520. The summed E-state index contributed by atoms with van der Waals surface area (Å²) in [5, 5.41) is 17.0. The van der Waals surface area contributed by atoms with Gasteiger partial charge >= 0.3 is 0 Å². The van der Waals surface area contributed by atoms with Gasteiger partial charge in [-0.2, -0.15) is 5.10 Å². The van der Waals surface area contributed by atoms with Crippen LogP contribution in [0.3, 0.4) is 0 Å². The van der Waals surface area contributed by atoms with Crippen LogP contribution in [0.1, 0.15) is 55.4 Å². The van der Waals surface area contributed by atoms with Gasteiger partial charge in [0, 0.05) is 11.7 Å². The van der Waals surface area contributed by atoms with Crippen LogP contribution in [0.25, 0.3) is 0 Å². The first-order chi connectivity index (χ1) is 11.2. The molecule has 7 nitrogen and oxygen atoms in total. The number of aryl methyl sites for hydroxylation is 2. The predicted molar refractivity (Wildman–Crippen MR) is 85.8 cm³/mol.